The highest BCUT2D eigenvalue weighted by molar-refractivity contribution is 6.74. The fraction of sp³-hybridized carbons (Fsp3) is 0.773. The highest BCUT2D eigenvalue weighted by atomic mass is 28.4. The van der Waals surface area contributed by atoms with E-state index in [4.69, 9.17) is 9.16 Å². The van der Waals surface area contributed by atoms with E-state index in [0.29, 0.717) is 19.6 Å². The Balaban J connectivity index is 1.99. The summed E-state index contributed by atoms with van der Waals surface area (Å²) in [5.41, 5.74) is -1.40. The molecule has 1 amide bonds. The third-order valence-corrected chi connectivity index (χ3v) is 12.8. The number of nitrogens with zero attached hydrogens (tertiary/aromatic N) is 1. The van der Waals surface area contributed by atoms with Gasteiger partial charge in [-0.05, 0) is 36.5 Å². The van der Waals surface area contributed by atoms with Crippen LogP contribution in [-0.2, 0) is 23.5 Å². The highest BCUT2D eigenvalue weighted by Crippen LogP contribution is 2.62. The van der Waals surface area contributed by atoms with Gasteiger partial charge in [-0.15, -0.1) is 0 Å². The zero-order valence-corrected chi connectivity index (χ0v) is 19.9. The molecule has 29 heavy (non-hydrogen) atoms. The van der Waals surface area contributed by atoms with E-state index < -0.39 is 25.1 Å². The number of esters is 1. The zero-order valence-electron chi connectivity index (χ0n) is 18.9. The molecule has 3 fully saturated rings. The first kappa shape index (κ1) is 22.2. The first-order valence-corrected chi connectivity index (χ1v) is 13.4. The van der Waals surface area contributed by atoms with Gasteiger partial charge in [0.15, 0.2) is 13.7 Å². The fourth-order valence-electron chi connectivity index (χ4n) is 5.33. The average molecular weight is 422 g/mol. The van der Waals surface area contributed by atoms with Crippen LogP contribution in [0.3, 0.4) is 0 Å². The minimum atomic E-state index is -2.04. The molecular weight excluding hydrogens is 386 g/mol. The van der Waals surface area contributed by atoms with E-state index in [1.807, 2.05) is 6.92 Å². The molecule has 162 valence electrons. The van der Waals surface area contributed by atoms with Crippen molar-refractivity contribution in [2.24, 2.45) is 16.7 Å². The minimum Gasteiger partial charge on any atom is -0.468 e. The molecule has 0 radical (unpaired) electrons. The summed E-state index contributed by atoms with van der Waals surface area (Å²) < 4.78 is 11.5. The maximum Gasteiger partial charge on any atom is 0.322 e. The van der Waals surface area contributed by atoms with Gasteiger partial charge in [-0.2, -0.15) is 0 Å². The van der Waals surface area contributed by atoms with Gasteiger partial charge in [-0.25, -0.2) is 0 Å². The lowest BCUT2D eigenvalue weighted by Crippen LogP contribution is -2.56. The largest absolute Gasteiger partial charge is 0.468 e. The molecule has 2 aliphatic heterocycles. The van der Waals surface area contributed by atoms with Gasteiger partial charge in [0.05, 0.1) is 7.11 Å². The van der Waals surface area contributed by atoms with Gasteiger partial charge < -0.3 is 14.1 Å². The number of piperidine rings is 1. The van der Waals surface area contributed by atoms with Gasteiger partial charge in [0.1, 0.15) is 5.78 Å². The van der Waals surface area contributed by atoms with Crippen LogP contribution >= 0.6 is 0 Å². The predicted octanol–water partition coefficient (Wildman–Crippen LogP) is 3.32. The SMILES string of the molecule is C=C1CN2C(=O)[C@](CCO[Si](C)(C)C(C)(C)C)(C(=O)OC)[C@@]3(C)CC(=O)C1CC23. The number of Topliss-reactive ketones (excluding diaryl/α,β-unsaturated/α-hetero) is 1. The molecule has 2 heterocycles. The summed E-state index contributed by atoms with van der Waals surface area (Å²) >= 11 is 0. The third kappa shape index (κ3) is 2.95. The molecule has 7 heteroatoms. The molecule has 3 aliphatic rings. The van der Waals surface area contributed by atoms with Gasteiger partial charge in [0.25, 0.3) is 0 Å². The van der Waals surface area contributed by atoms with Gasteiger partial charge in [0, 0.05) is 36.9 Å². The van der Waals surface area contributed by atoms with Crippen LogP contribution in [0.4, 0.5) is 0 Å². The van der Waals surface area contributed by atoms with Crippen molar-refractivity contribution in [2.45, 2.75) is 71.1 Å². The smallest absolute Gasteiger partial charge is 0.322 e. The van der Waals surface area contributed by atoms with Crippen molar-refractivity contribution >= 4 is 26.0 Å². The van der Waals surface area contributed by atoms with E-state index in [1.165, 1.54) is 7.11 Å². The third-order valence-electron chi connectivity index (χ3n) is 8.25. The van der Waals surface area contributed by atoms with E-state index in [0.717, 1.165) is 5.57 Å². The maximum absolute atomic E-state index is 13.7. The molecule has 2 saturated heterocycles. The average Bonchev–Trinajstić information content (AvgIpc) is 2.79. The Labute approximate surface area is 175 Å². The topological polar surface area (TPSA) is 72.9 Å². The monoisotopic (exact) mass is 421 g/mol. The minimum absolute atomic E-state index is 0.0261. The van der Waals surface area contributed by atoms with Crippen LogP contribution in [0.5, 0.6) is 0 Å². The molecule has 6 nitrogen and oxygen atoms in total. The molecule has 0 spiro atoms. The van der Waals surface area contributed by atoms with E-state index in [2.05, 4.69) is 40.4 Å². The summed E-state index contributed by atoms with van der Waals surface area (Å²) in [6.45, 7) is 17.4. The van der Waals surface area contributed by atoms with Gasteiger partial charge >= 0.3 is 5.97 Å². The number of amides is 1. The fourth-order valence-corrected chi connectivity index (χ4v) is 6.37. The number of methoxy groups -OCH3 is 1. The van der Waals surface area contributed by atoms with Crippen LogP contribution in [-0.4, -0.2) is 57.2 Å². The Kier molecular flexibility index (Phi) is 5.19. The lowest BCUT2D eigenvalue weighted by Gasteiger charge is -2.49. The summed E-state index contributed by atoms with van der Waals surface area (Å²) in [4.78, 5) is 41.5. The second kappa shape index (κ2) is 6.77. The molecular formula is C22H35NO5Si. The van der Waals surface area contributed by atoms with Crippen molar-refractivity contribution in [3.05, 3.63) is 12.2 Å². The number of hydrogen-bond acceptors (Lipinski definition) is 5. The van der Waals surface area contributed by atoms with Gasteiger partial charge in [-0.1, -0.05) is 34.3 Å². The summed E-state index contributed by atoms with van der Waals surface area (Å²) in [6, 6.07) is -0.143. The molecule has 0 N–H and O–H groups in total. The van der Waals surface area contributed by atoms with E-state index in [-0.39, 0.29) is 41.5 Å². The quantitative estimate of drug-likeness (QED) is 0.295. The molecule has 2 bridgehead atoms. The van der Waals surface area contributed by atoms with Crippen LogP contribution in [0.1, 0.15) is 47.0 Å². The van der Waals surface area contributed by atoms with Crippen molar-refractivity contribution in [1.82, 2.24) is 4.90 Å². The molecule has 4 atom stereocenters. The van der Waals surface area contributed by atoms with Crippen molar-refractivity contribution in [1.29, 1.82) is 0 Å². The second-order valence-electron chi connectivity index (χ2n) is 10.7. The lowest BCUT2D eigenvalue weighted by atomic mass is 9.54. The first-order valence-electron chi connectivity index (χ1n) is 10.5. The number of ketones is 1. The number of rotatable bonds is 5. The molecule has 0 aromatic heterocycles. The molecule has 2 unspecified atom stereocenters. The summed E-state index contributed by atoms with van der Waals surface area (Å²) in [5.74, 6) is -0.893. The number of carbonyl (C=O) groups is 3. The number of hydrogen-bond donors (Lipinski definition) is 0. The predicted molar refractivity (Wildman–Crippen MR) is 113 cm³/mol. The highest BCUT2D eigenvalue weighted by Gasteiger charge is 2.73. The van der Waals surface area contributed by atoms with Crippen LogP contribution < -0.4 is 0 Å². The Hall–Kier alpha value is -1.47. The standard InChI is InChI=1S/C22H35NO5Si/c1-14-13-23-17-11-15(14)16(24)12-21(17,5)22(18(23)25,19(26)27-6)9-10-28-29(7,8)20(2,3)4/h15,17H,1,9-13H2,2-8H3/t15?,17?,21-,22+/m0/s1. The number of ether oxygens (including phenoxy) is 1. The second-order valence-corrected chi connectivity index (χ2v) is 15.5. The Morgan fingerprint density at radius 3 is 2.48 bits per heavy atom. The molecule has 1 aliphatic carbocycles. The van der Waals surface area contributed by atoms with E-state index in [1.54, 1.807) is 4.90 Å². The Morgan fingerprint density at radius 2 is 1.93 bits per heavy atom. The molecule has 1 saturated carbocycles. The lowest BCUT2D eigenvalue weighted by molar-refractivity contribution is -0.167. The molecule has 3 rings (SSSR count). The zero-order chi connectivity index (χ0) is 22.0. The maximum atomic E-state index is 13.7. The van der Waals surface area contributed by atoms with Crippen LogP contribution in [0.2, 0.25) is 18.1 Å². The van der Waals surface area contributed by atoms with Crippen molar-refractivity contribution in [2.75, 3.05) is 20.3 Å². The first-order chi connectivity index (χ1) is 13.2. The number of carbonyl (C=O) groups excluding carboxylic acids is 3. The van der Waals surface area contributed by atoms with E-state index in [9.17, 15) is 14.4 Å². The van der Waals surface area contributed by atoms with Crippen molar-refractivity contribution < 1.29 is 23.5 Å². The number of fused-ring (bicyclic) bond motifs is 1. The van der Waals surface area contributed by atoms with Crippen LogP contribution in [0.15, 0.2) is 12.2 Å². The molecule has 0 aromatic rings. The van der Waals surface area contributed by atoms with E-state index >= 15 is 0 Å². The normalized spacial score (nSPS) is 34.6. The van der Waals surface area contributed by atoms with Crippen molar-refractivity contribution in [3.8, 4) is 0 Å². The Bertz CT molecular complexity index is 770. The summed E-state index contributed by atoms with van der Waals surface area (Å²) in [5, 5.41) is 0.0261. The van der Waals surface area contributed by atoms with Crippen LogP contribution in [0.25, 0.3) is 0 Å². The van der Waals surface area contributed by atoms with Gasteiger partial charge in [0.2, 0.25) is 5.91 Å². The van der Waals surface area contributed by atoms with Gasteiger partial charge in [-0.3, -0.25) is 14.4 Å². The van der Waals surface area contributed by atoms with Crippen molar-refractivity contribution in [3.63, 3.8) is 0 Å². The Morgan fingerprint density at radius 1 is 1.31 bits per heavy atom. The molecule has 0 aromatic carbocycles. The summed E-state index contributed by atoms with van der Waals surface area (Å²) in [6.07, 6.45) is 0.986. The summed E-state index contributed by atoms with van der Waals surface area (Å²) in [7, 11) is -0.726. The van der Waals surface area contributed by atoms with Crippen LogP contribution in [0, 0.1) is 16.7 Å².